The zero-order chi connectivity index (χ0) is 27.0. The van der Waals surface area contributed by atoms with E-state index in [1.807, 2.05) is 18.7 Å². The highest BCUT2D eigenvalue weighted by Crippen LogP contribution is 2.31. The van der Waals surface area contributed by atoms with Gasteiger partial charge < -0.3 is 24.6 Å². The van der Waals surface area contributed by atoms with Crippen molar-refractivity contribution in [1.29, 1.82) is 0 Å². The van der Waals surface area contributed by atoms with E-state index in [-0.39, 0.29) is 21.9 Å². The molecule has 0 aromatic heterocycles. The van der Waals surface area contributed by atoms with E-state index in [0.717, 1.165) is 0 Å². The number of ether oxygens (including phenoxy) is 2. The van der Waals surface area contributed by atoms with Crippen molar-refractivity contribution in [2.75, 3.05) is 36.9 Å². The predicted molar refractivity (Wildman–Crippen MR) is 121 cm³/mol. The molecular weight excluding hydrogens is 497 g/mol. The topological polar surface area (TPSA) is 142 Å². The van der Waals surface area contributed by atoms with E-state index in [4.69, 9.17) is 19.4 Å². The first kappa shape index (κ1) is 29.4. The average Bonchev–Trinajstić information content (AvgIpc) is 2.79. The average molecular weight is 522 g/mol. The lowest BCUT2D eigenvalue weighted by Crippen LogP contribution is -2.24. The van der Waals surface area contributed by atoms with Gasteiger partial charge in [0.2, 0.25) is 0 Å². The minimum Gasteiger partial charge on any atom is -0.493 e. The number of benzene rings is 2. The number of nitrogens with one attached hydrogen (secondary N) is 1. The van der Waals surface area contributed by atoms with Crippen LogP contribution < -0.4 is 19.1 Å². The summed E-state index contributed by atoms with van der Waals surface area (Å²) >= 11 is 0. The fraction of sp³-hybridized carbons (Fsp3) is 0.333. The van der Waals surface area contributed by atoms with Crippen LogP contribution in [0.15, 0.2) is 41.3 Å². The van der Waals surface area contributed by atoms with Crippen molar-refractivity contribution in [3.8, 4) is 11.5 Å². The molecule has 10 nitrogen and oxygen atoms in total. The Labute approximate surface area is 199 Å². The summed E-state index contributed by atoms with van der Waals surface area (Å²) in [6, 6.07) is 8.66. The summed E-state index contributed by atoms with van der Waals surface area (Å²) in [5, 5.41) is 16.7. The molecule has 2 aromatic rings. The number of halogens is 3. The Balaban J connectivity index is 0.000000762. The molecule has 2 rings (SSSR count). The summed E-state index contributed by atoms with van der Waals surface area (Å²) in [7, 11) is -1.09. The predicted octanol–water partition coefficient (Wildman–Crippen LogP) is 3.68. The second kappa shape index (κ2) is 12.1. The summed E-state index contributed by atoms with van der Waals surface area (Å²) in [4.78, 5) is 22.4. The number of sulfonamides is 1. The third-order valence-corrected chi connectivity index (χ3v) is 5.87. The van der Waals surface area contributed by atoms with E-state index in [1.165, 1.54) is 38.5 Å². The number of carboxylic acids is 2. The van der Waals surface area contributed by atoms with Crippen molar-refractivity contribution in [3.05, 3.63) is 42.0 Å². The number of aromatic carboxylic acids is 1. The highest BCUT2D eigenvalue weighted by molar-refractivity contribution is 7.92. The molecule has 14 heteroatoms. The van der Waals surface area contributed by atoms with Crippen LogP contribution in [0.25, 0.3) is 0 Å². The van der Waals surface area contributed by atoms with Gasteiger partial charge in [0.25, 0.3) is 10.0 Å². The Bertz CT molecular complexity index is 1150. The Hall–Kier alpha value is -3.68. The molecular formula is C21H25F3N2O8S. The maximum Gasteiger partial charge on any atom is 0.490 e. The Kier molecular flexibility index (Phi) is 10.2. The monoisotopic (exact) mass is 522 g/mol. The third kappa shape index (κ3) is 7.95. The number of alkyl halides is 3. The van der Waals surface area contributed by atoms with E-state index in [9.17, 15) is 31.5 Å². The quantitative estimate of drug-likeness (QED) is 0.449. The standard InChI is InChI=1S/C19H24N2O6S.C2HF3O2/c1-5-21(6-2)16-9-7-13(11-15(16)19(22)23)20-28(24,25)14-8-10-17(26-3)18(12-14)27-4;3-2(4,5)1(6)7/h7-12,20H,5-6H2,1-4H3,(H,22,23);(H,6,7). The molecule has 3 N–H and O–H groups in total. The number of aliphatic carboxylic acids is 1. The molecule has 35 heavy (non-hydrogen) atoms. The maximum atomic E-state index is 12.7. The number of hydrogen-bond donors (Lipinski definition) is 3. The van der Waals surface area contributed by atoms with E-state index >= 15 is 0 Å². The van der Waals surface area contributed by atoms with Crippen molar-refractivity contribution >= 4 is 33.3 Å². The van der Waals surface area contributed by atoms with Gasteiger partial charge in [-0.25, -0.2) is 18.0 Å². The van der Waals surface area contributed by atoms with Crippen LogP contribution in [0.2, 0.25) is 0 Å². The van der Waals surface area contributed by atoms with Crippen LogP contribution in [0, 0.1) is 0 Å². The summed E-state index contributed by atoms with van der Waals surface area (Å²) in [6.45, 7) is 5.10. The van der Waals surface area contributed by atoms with Crippen LogP contribution in [-0.2, 0) is 14.8 Å². The van der Waals surface area contributed by atoms with Gasteiger partial charge in [-0.1, -0.05) is 0 Å². The van der Waals surface area contributed by atoms with Gasteiger partial charge in [-0.15, -0.1) is 0 Å². The van der Waals surface area contributed by atoms with Crippen LogP contribution in [-0.4, -0.2) is 64.1 Å². The lowest BCUT2D eigenvalue weighted by molar-refractivity contribution is -0.192. The van der Waals surface area contributed by atoms with Gasteiger partial charge in [0, 0.05) is 24.8 Å². The number of rotatable bonds is 9. The second-order valence-corrected chi connectivity index (χ2v) is 8.32. The Morgan fingerprint density at radius 1 is 0.971 bits per heavy atom. The van der Waals surface area contributed by atoms with Crippen LogP contribution in [0.1, 0.15) is 24.2 Å². The number of nitrogens with zero attached hydrogens (tertiary/aromatic N) is 1. The van der Waals surface area contributed by atoms with Gasteiger partial charge >= 0.3 is 18.1 Å². The third-order valence-electron chi connectivity index (χ3n) is 4.49. The zero-order valence-electron chi connectivity index (χ0n) is 19.2. The van der Waals surface area contributed by atoms with Crippen molar-refractivity contribution in [2.45, 2.75) is 24.9 Å². The minimum absolute atomic E-state index is 0.0243. The van der Waals surface area contributed by atoms with Gasteiger partial charge in [-0.2, -0.15) is 13.2 Å². The van der Waals surface area contributed by atoms with E-state index in [2.05, 4.69) is 4.72 Å². The molecule has 0 saturated heterocycles. The van der Waals surface area contributed by atoms with E-state index < -0.39 is 28.1 Å². The summed E-state index contributed by atoms with van der Waals surface area (Å²) in [5.41, 5.74) is 0.714. The first-order valence-corrected chi connectivity index (χ1v) is 11.4. The van der Waals surface area contributed by atoms with Crippen LogP contribution >= 0.6 is 0 Å². The first-order chi connectivity index (χ1) is 16.2. The van der Waals surface area contributed by atoms with Crippen LogP contribution in [0.5, 0.6) is 11.5 Å². The molecule has 0 aliphatic carbocycles. The minimum atomic E-state index is -5.08. The normalized spacial score (nSPS) is 11.1. The Morgan fingerprint density at radius 2 is 1.51 bits per heavy atom. The maximum absolute atomic E-state index is 12.7. The number of methoxy groups -OCH3 is 2. The molecule has 0 atom stereocenters. The molecule has 0 radical (unpaired) electrons. The second-order valence-electron chi connectivity index (χ2n) is 6.63. The van der Waals surface area contributed by atoms with Gasteiger partial charge in [-0.3, -0.25) is 4.72 Å². The van der Waals surface area contributed by atoms with Crippen molar-refractivity contribution in [1.82, 2.24) is 0 Å². The molecule has 2 aromatic carbocycles. The lowest BCUT2D eigenvalue weighted by atomic mass is 10.1. The molecule has 0 unspecified atom stereocenters. The van der Waals surface area contributed by atoms with Gasteiger partial charge in [0.1, 0.15) is 0 Å². The van der Waals surface area contributed by atoms with Gasteiger partial charge in [0.05, 0.1) is 30.4 Å². The van der Waals surface area contributed by atoms with E-state index in [1.54, 1.807) is 12.1 Å². The summed E-state index contributed by atoms with van der Waals surface area (Å²) < 4.78 is 69.8. The SMILES string of the molecule is CCN(CC)c1ccc(NS(=O)(=O)c2ccc(OC)c(OC)c2)cc1C(=O)O.O=C(O)C(F)(F)F. The van der Waals surface area contributed by atoms with Gasteiger partial charge in [0.15, 0.2) is 11.5 Å². The molecule has 0 saturated carbocycles. The molecule has 0 aliphatic heterocycles. The van der Waals surface area contributed by atoms with Gasteiger partial charge in [-0.05, 0) is 44.2 Å². The van der Waals surface area contributed by atoms with Crippen LogP contribution in [0.3, 0.4) is 0 Å². The first-order valence-electron chi connectivity index (χ1n) is 9.89. The highest BCUT2D eigenvalue weighted by atomic mass is 32.2. The largest absolute Gasteiger partial charge is 0.493 e. The fourth-order valence-corrected chi connectivity index (χ4v) is 3.87. The number of carbonyl (C=O) groups is 2. The van der Waals surface area contributed by atoms with Crippen LogP contribution in [0.4, 0.5) is 24.5 Å². The molecule has 0 aliphatic rings. The van der Waals surface area contributed by atoms with Crippen molar-refractivity contribution in [2.24, 2.45) is 0 Å². The smallest absolute Gasteiger partial charge is 0.490 e. The van der Waals surface area contributed by atoms with Crippen molar-refractivity contribution in [3.63, 3.8) is 0 Å². The van der Waals surface area contributed by atoms with Crippen molar-refractivity contribution < 1.29 is 50.9 Å². The molecule has 0 bridgehead atoms. The molecule has 0 fully saturated rings. The molecule has 0 amide bonds. The zero-order valence-corrected chi connectivity index (χ0v) is 20.0. The summed E-state index contributed by atoms with van der Waals surface area (Å²) in [6.07, 6.45) is -5.08. The highest BCUT2D eigenvalue weighted by Gasteiger charge is 2.38. The summed E-state index contributed by atoms with van der Waals surface area (Å²) in [5.74, 6) is -3.21. The number of hydrogen-bond acceptors (Lipinski definition) is 7. The Morgan fingerprint density at radius 3 is 1.94 bits per heavy atom. The lowest BCUT2D eigenvalue weighted by Gasteiger charge is -2.23. The molecule has 0 heterocycles. The van der Waals surface area contributed by atoms with E-state index in [0.29, 0.717) is 24.5 Å². The number of anilines is 2. The molecule has 194 valence electrons. The number of carboxylic acid groups (broad SMARTS) is 2. The fourth-order valence-electron chi connectivity index (χ4n) is 2.81. The molecule has 0 spiro atoms.